The highest BCUT2D eigenvalue weighted by atomic mass is 16.5. The van der Waals surface area contributed by atoms with E-state index in [0.29, 0.717) is 12.0 Å². The second-order valence-corrected chi connectivity index (χ2v) is 7.39. The van der Waals surface area contributed by atoms with Gasteiger partial charge in [0.05, 0.1) is 7.11 Å². The molecule has 2 heterocycles. The fraction of sp³-hybridized carbons (Fsp3) is 0.409. The lowest BCUT2D eigenvalue weighted by Gasteiger charge is -2.51. The maximum absolute atomic E-state index is 12.9. The molecule has 0 unspecified atom stereocenters. The number of hydrogen-bond acceptors (Lipinski definition) is 3. The molecule has 0 saturated carbocycles. The number of nitrogens with one attached hydrogen (secondary N) is 1. The summed E-state index contributed by atoms with van der Waals surface area (Å²) in [5.41, 5.74) is 2.18. The Morgan fingerprint density at radius 2 is 1.74 bits per heavy atom. The first-order valence-corrected chi connectivity index (χ1v) is 9.73. The van der Waals surface area contributed by atoms with Crippen molar-refractivity contribution in [1.82, 2.24) is 9.80 Å². The molecule has 2 aromatic carbocycles. The third-order valence-electron chi connectivity index (χ3n) is 5.75. The smallest absolute Gasteiger partial charge is 0.321 e. The third kappa shape index (κ3) is 3.93. The quantitative estimate of drug-likeness (QED) is 0.900. The summed E-state index contributed by atoms with van der Waals surface area (Å²) < 4.78 is 5.18. The molecule has 1 N–H and O–H groups in total. The summed E-state index contributed by atoms with van der Waals surface area (Å²) in [5.74, 6) is 1.30. The molecule has 27 heavy (non-hydrogen) atoms. The van der Waals surface area contributed by atoms with Gasteiger partial charge < -0.3 is 15.0 Å². The Hall–Kier alpha value is -2.53. The third-order valence-corrected chi connectivity index (χ3v) is 5.75. The lowest BCUT2D eigenvalue weighted by molar-refractivity contribution is 0.0272. The van der Waals surface area contributed by atoms with Crippen LogP contribution in [-0.4, -0.2) is 55.2 Å². The van der Waals surface area contributed by atoms with Crippen molar-refractivity contribution in [2.45, 2.75) is 24.8 Å². The van der Waals surface area contributed by atoms with Crippen LogP contribution < -0.4 is 10.1 Å². The maximum Gasteiger partial charge on any atom is 0.321 e. The Morgan fingerprint density at radius 3 is 2.48 bits per heavy atom. The molecule has 0 spiro atoms. The summed E-state index contributed by atoms with van der Waals surface area (Å²) in [6, 6.07) is 18.6. The van der Waals surface area contributed by atoms with Crippen LogP contribution in [0.15, 0.2) is 54.6 Å². The van der Waals surface area contributed by atoms with E-state index in [1.54, 1.807) is 7.11 Å². The molecular weight excluding hydrogens is 338 g/mol. The largest absolute Gasteiger partial charge is 0.497 e. The molecule has 2 saturated heterocycles. The van der Waals surface area contributed by atoms with Crippen LogP contribution >= 0.6 is 0 Å². The Labute approximate surface area is 160 Å². The lowest BCUT2D eigenvalue weighted by atomic mass is 9.81. The van der Waals surface area contributed by atoms with Gasteiger partial charge in [0, 0.05) is 37.3 Å². The van der Waals surface area contributed by atoms with Gasteiger partial charge in [0.1, 0.15) is 5.75 Å². The molecule has 0 radical (unpaired) electrons. The number of nitrogens with zero attached hydrogens (tertiary/aromatic N) is 2. The number of ether oxygens (including phenoxy) is 1. The molecule has 2 aromatic rings. The fourth-order valence-corrected chi connectivity index (χ4v) is 4.15. The minimum Gasteiger partial charge on any atom is -0.497 e. The maximum atomic E-state index is 12.9. The van der Waals surface area contributed by atoms with Crippen LogP contribution in [0.2, 0.25) is 0 Å². The van der Waals surface area contributed by atoms with Gasteiger partial charge in [0.15, 0.2) is 0 Å². The van der Waals surface area contributed by atoms with E-state index in [-0.39, 0.29) is 6.03 Å². The van der Waals surface area contributed by atoms with Gasteiger partial charge in [-0.15, -0.1) is 0 Å². The highest BCUT2D eigenvalue weighted by molar-refractivity contribution is 5.89. The molecule has 0 aliphatic carbocycles. The highest BCUT2D eigenvalue weighted by Crippen LogP contribution is 2.35. The van der Waals surface area contributed by atoms with Crippen LogP contribution in [0.4, 0.5) is 10.5 Å². The Bertz CT molecular complexity index is 763. The monoisotopic (exact) mass is 365 g/mol. The summed E-state index contributed by atoms with van der Waals surface area (Å²) in [5, 5.41) is 3.04. The average Bonchev–Trinajstić information content (AvgIpc) is 2.68. The van der Waals surface area contributed by atoms with Gasteiger partial charge in [0.2, 0.25) is 0 Å². The predicted octanol–water partition coefficient (Wildman–Crippen LogP) is 3.79. The summed E-state index contributed by atoms with van der Waals surface area (Å²) >= 11 is 0. The molecule has 2 atom stereocenters. The van der Waals surface area contributed by atoms with Gasteiger partial charge in [0.25, 0.3) is 0 Å². The van der Waals surface area contributed by atoms with Crippen LogP contribution in [-0.2, 0) is 0 Å². The molecular formula is C22H27N3O2. The van der Waals surface area contributed by atoms with E-state index in [2.05, 4.69) is 40.5 Å². The van der Waals surface area contributed by atoms with Crippen molar-refractivity contribution in [3.8, 4) is 5.75 Å². The zero-order chi connectivity index (χ0) is 18.6. The molecule has 0 bridgehead atoms. The summed E-state index contributed by atoms with van der Waals surface area (Å²) in [6.07, 6.45) is 2.19. The number of anilines is 1. The number of amides is 2. The van der Waals surface area contributed by atoms with Gasteiger partial charge in [-0.2, -0.15) is 0 Å². The Kier molecular flexibility index (Phi) is 5.30. The molecule has 2 aliphatic rings. The first kappa shape index (κ1) is 17.9. The van der Waals surface area contributed by atoms with Crippen LogP contribution in [0, 0.1) is 0 Å². The minimum atomic E-state index is -0.0132. The van der Waals surface area contributed by atoms with Crippen LogP contribution in [0.1, 0.15) is 24.3 Å². The van der Waals surface area contributed by atoms with Crippen molar-refractivity contribution >= 4 is 11.7 Å². The SMILES string of the molecule is COc1ccc(NC(=O)N2CCCCN3C[C@H](c4ccccc4)[C@@H]3C2)cc1. The van der Waals surface area contributed by atoms with E-state index < -0.39 is 0 Å². The minimum absolute atomic E-state index is 0.0132. The van der Waals surface area contributed by atoms with E-state index in [9.17, 15) is 4.79 Å². The number of hydrogen-bond donors (Lipinski definition) is 1. The topological polar surface area (TPSA) is 44.8 Å². The van der Waals surface area contributed by atoms with Crippen LogP contribution in [0.25, 0.3) is 0 Å². The first-order valence-electron chi connectivity index (χ1n) is 9.73. The number of benzene rings is 2. The van der Waals surface area contributed by atoms with Crippen molar-refractivity contribution in [2.24, 2.45) is 0 Å². The molecule has 4 rings (SSSR count). The summed E-state index contributed by atoms with van der Waals surface area (Å²) in [4.78, 5) is 17.4. The molecule has 2 aliphatic heterocycles. The summed E-state index contributed by atoms with van der Waals surface area (Å²) in [7, 11) is 1.64. The van der Waals surface area contributed by atoms with E-state index in [0.717, 1.165) is 50.5 Å². The van der Waals surface area contributed by atoms with Crippen molar-refractivity contribution < 1.29 is 9.53 Å². The van der Waals surface area contributed by atoms with Crippen molar-refractivity contribution in [1.29, 1.82) is 0 Å². The van der Waals surface area contributed by atoms with E-state index >= 15 is 0 Å². The van der Waals surface area contributed by atoms with Gasteiger partial charge in [-0.25, -0.2) is 4.79 Å². The number of carbonyl (C=O) groups excluding carboxylic acids is 1. The van der Waals surface area contributed by atoms with Crippen LogP contribution in [0.3, 0.4) is 0 Å². The van der Waals surface area contributed by atoms with Gasteiger partial charge in [-0.05, 0) is 49.2 Å². The second-order valence-electron chi connectivity index (χ2n) is 7.39. The highest BCUT2D eigenvalue weighted by Gasteiger charge is 2.41. The predicted molar refractivity (Wildman–Crippen MR) is 107 cm³/mol. The lowest BCUT2D eigenvalue weighted by Crippen LogP contribution is -2.61. The second kappa shape index (κ2) is 8.01. The fourth-order valence-electron chi connectivity index (χ4n) is 4.15. The zero-order valence-corrected chi connectivity index (χ0v) is 15.8. The van der Waals surface area contributed by atoms with Gasteiger partial charge in [-0.3, -0.25) is 4.90 Å². The average molecular weight is 365 g/mol. The molecule has 2 fully saturated rings. The Morgan fingerprint density at radius 1 is 1.00 bits per heavy atom. The molecule has 5 heteroatoms. The van der Waals surface area contributed by atoms with Crippen LogP contribution in [0.5, 0.6) is 5.75 Å². The normalized spacial score (nSPS) is 22.8. The first-order chi connectivity index (χ1) is 13.2. The zero-order valence-electron chi connectivity index (χ0n) is 15.8. The number of methoxy groups -OCH3 is 1. The molecule has 142 valence electrons. The van der Waals surface area contributed by atoms with E-state index in [4.69, 9.17) is 4.74 Å². The molecule has 2 amide bonds. The summed E-state index contributed by atoms with van der Waals surface area (Å²) in [6.45, 7) is 3.83. The molecule has 5 nitrogen and oxygen atoms in total. The van der Waals surface area contributed by atoms with Gasteiger partial charge in [-0.1, -0.05) is 30.3 Å². The number of carbonyl (C=O) groups is 1. The Balaban J connectivity index is 1.44. The standard InChI is InChI=1S/C22H27N3O2/c1-27-19-11-9-18(10-12-19)23-22(26)25-14-6-5-13-24-15-20(21(24)16-25)17-7-3-2-4-8-17/h2-4,7-12,20-21H,5-6,13-16H2,1H3,(H,23,26)/t20-,21+/m1/s1. The van der Waals surface area contributed by atoms with Crippen molar-refractivity contribution in [3.63, 3.8) is 0 Å². The van der Waals surface area contributed by atoms with Crippen molar-refractivity contribution in [2.75, 3.05) is 38.6 Å². The molecule has 0 aromatic heterocycles. The van der Waals surface area contributed by atoms with E-state index in [1.807, 2.05) is 29.2 Å². The number of fused-ring (bicyclic) bond motifs is 1. The number of urea groups is 1. The van der Waals surface area contributed by atoms with Crippen molar-refractivity contribution in [3.05, 3.63) is 60.2 Å². The van der Waals surface area contributed by atoms with E-state index in [1.165, 1.54) is 5.56 Å². The van der Waals surface area contributed by atoms with Gasteiger partial charge >= 0.3 is 6.03 Å². The number of rotatable bonds is 3.